The van der Waals surface area contributed by atoms with E-state index in [0.29, 0.717) is 13.1 Å². The number of nitrogens with zero attached hydrogens (tertiary/aromatic N) is 5. The van der Waals surface area contributed by atoms with Crippen LogP contribution in [0.25, 0.3) is 0 Å². The summed E-state index contributed by atoms with van der Waals surface area (Å²) in [5, 5.41) is 11.2. The van der Waals surface area contributed by atoms with Crippen molar-refractivity contribution in [2.24, 2.45) is 0 Å². The van der Waals surface area contributed by atoms with Crippen LogP contribution in [0.1, 0.15) is 24.4 Å². The van der Waals surface area contributed by atoms with Gasteiger partial charge in [0.25, 0.3) is 0 Å². The Morgan fingerprint density at radius 2 is 2.26 bits per heavy atom. The molecule has 0 saturated carbocycles. The maximum Gasteiger partial charge on any atom is 0.244 e. The minimum atomic E-state index is -0.358. The third kappa shape index (κ3) is 3.18. The van der Waals surface area contributed by atoms with Gasteiger partial charge in [-0.2, -0.15) is 10.2 Å². The van der Waals surface area contributed by atoms with E-state index in [1.165, 1.54) is 17.3 Å². The molecule has 0 fully saturated rings. The first kappa shape index (κ1) is 13.3. The van der Waals surface area contributed by atoms with Crippen molar-refractivity contribution in [1.29, 1.82) is 0 Å². The van der Waals surface area contributed by atoms with Crippen molar-refractivity contribution in [3.63, 3.8) is 0 Å². The van der Waals surface area contributed by atoms with Gasteiger partial charge in [-0.15, -0.1) is 0 Å². The van der Waals surface area contributed by atoms with Crippen LogP contribution in [0, 0.1) is 13.8 Å². The Bertz CT molecular complexity index is 545. The van der Waals surface area contributed by atoms with Crippen LogP contribution in [-0.4, -0.2) is 37.0 Å². The summed E-state index contributed by atoms with van der Waals surface area (Å²) in [6.45, 7) is 6.94. The van der Waals surface area contributed by atoms with E-state index >= 15 is 0 Å². The maximum absolute atomic E-state index is 11.9. The maximum atomic E-state index is 11.9. The highest BCUT2D eigenvalue weighted by molar-refractivity contribution is 5.79. The molecule has 0 aliphatic carbocycles. The summed E-state index contributed by atoms with van der Waals surface area (Å²) >= 11 is 0. The van der Waals surface area contributed by atoms with Gasteiger partial charge in [-0.25, -0.2) is 9.67 Å². The van der Waals surface area contributed by atoms with E-state index < -0.39 is 0 Å². The third-order valence-corrected chi connectivity index (χ3v) is 2.94. The van der Waals surface area contributed by atoms with Crippen LogP contribution < -0.4 is 5.32 Å². The lowest BCUT2D eigenvalue weighted by Gasteiger charge is -2.12. The molecule has 1 atom stereocenters. The average Bonchev–Trinajstić information content (AvgIpc) is 2.98. The van der Waals surface area contributed by atoms with Crippen LogP contribution >= 0.6 is 0 Å². The molecule has 7 heteroatoms. The van der Waals surface area contributed by atoms with Gasteiger partial charge >= 0.3 is 0 Å². The predicted octanol–water partition coefficient (Wildman–Crippen LogP) is 0.469. The number of aryl methyl sites for hydroxylation is 2. The number of carbonyl (C=O) groups is 1. The van der Waals surface area contributed by atoms with E-state index in [1.54, 1.807) is 6.92 Å². The SMILES string of the molecule is Cc1cc(C)n(CCNC(=O)[C@H](C)n2cncn2)n1. The zero-order valence-corrected chi connectivity index (χ0v) is 11.4. The first-order valence-electron chi connectivity index (χ1n) is 6.21. The Morgan fingerprint density at radius 3 is 2.84 bits per heavy atom. The molecule has 0 aliphatic rings. The molecule has 0 saturated heterocycles. The zero-order valence-electron chi connectivity index (χ0n) is 11.4. The van der Waals surface area contributed by atoms with E-state index in [-0.39, 0.29) is 11.9 Å². The highest BCUT2D eigenvalue weighted by Crippen LogP contribution is 2.02. The summed E-state index contributed by atoms with van der Waals surface area (Å²) in [5.74, 6) is -0.0768. The highest BCUT2D eigenvalue weighted by atomic mass is 16.2. The largest absolute Gasteiger partial charge is 0.352 e. The summed E-state index contributed by atoms with van der Waals surface area (Å²) < 4.78 is 3.41. The van der Waals surface area contributed by atoms with Gasteiger partial charge in [0.15, 0.2) is 0 Å². The molecule has 0 aliphatic heterocycles. The molecule has 102 valence electrons. The molecule has 0 aromatic carbocycles. The molecule has 0 unspecified atom stereocenters. The number of carbonyl (C=O) groups excluding carboxylic acids is 1. The summed E-state index contributed by atoms with van der Waals surface area (Å²) in [6.07, 6.45) is 2.95. The molecule has 2 rings (SSSR count). The monoisotopic (exact) mass is 262 g/mol. The van der Waals surface area contributed by atoms with Crippen molar-refractivity contribution >= 4 is 5.91 Å². The number of hydrogen-bond donors (Lipinski definition) is 1. The zero-order chi connectivity index (χ0) is 13.8. The van der Waals surface area contributed by atoms with Gasteiger partial charge < -0.3 is 5.32 Å². The lowest BCUT2D eigenvalue weighted by atomic mass is 10.3. The Balaban J connectivity index is 1.83. The van der Waals surface area contributed by atoms with E-state index in [1.807, 2.05) is 24.6 Å². The number of aromatic nitrogens is 5. The molecule has 19 heavy (non-hydrogen) atoms. The Labute approximate surface area is 111 Å². The van der Waals surface area contributed by atoms with Gasteiger partial charge in [-0.05, 0) is 26.8 Å². The molecule has 0 spiro atoms. The van der Waals surface area contributed by atoms with Crippen LogP contribution in [-0.2, 0) is 11.3 Å². The Kier molecular flexibility index (Phi) is 3.94. The Morgan fingerprint density at radius 1 is 1.47 bits per heavy atom. The Hall–Kier alpha value is -2.18. The van der Waals surface area contributed by atoms with E-state index in [2.05, 4.69) is 20.5 Å². The molecule has 1 N–H and O–H groups in total. The lowest BCUT2D eigenvalue weighted by Crippen LogP contribution is -2.33. The smallest absolute Gasteiger partial charge is 0.244 e. The average molecular weight is 262 g/mol. The van der Waals surface area contributed by atoms with Crippen LogP contribution in [0.2, 0.25) is 0 Å². The van der Waals surface area contributed by atoms with Gasteiger partial charge in [0.2, 0.25) is 5.91 Å². The molecular formula is C12H18N6O. The van der Waals surface area contributed by atoms with Gasteiger partial charge in [-0.3, -0.25) is 9.48 Å². The molecule has 2 aromatic heterocycles. The molecule has 0 radical (unpaired) electrons. The molecule has 1 amide bonds. The van der Waals surface area contributed by atoms with Crippen molar-refractivity contribution in [2.75, 3.05) is 6.54 Å². The fraction of sp³-hybridized carbons (Fsp3) is 0.500. The van der Waals surface area contributed by atoms with Crippen molar-refractivity contribution < 1.29 is 4.79 Å². The number of amides is 1. The fourth-order valence-corrected chi connectivity index (χ4v) is 1.87. The minimum absolute atomic E-state index is 0.0768. The number of hydrogen-bond acceptors (Lipinski definition) is 4. The van der Waals surface area contributed by atoms with Crippen LogP contribution in [0.4, 0.5) is 0 Å². The van der Waals surface area contributed by atoms with Gasteiger partial charge in [0, 0.05) is 12.2 Å². The fourth-order valence-electron chi connectivity index (χ4n) is 1.87. The van der Waals surface area contributed by atoms with Gasteiger partial charge in [0.05, 0.1) is 12.2 Å². The van der Waals surface area contributed by atoms with Crippen molar-refractivity contribution in [3.8, 4) is 0 Å². The number of nitrogens with one attached hydrogen (secondary N) is 1. The number of rotatable bonds is 5. The quantitative estimate of drug-likeness (QED) is 0.849. The van der Waals surface area contributed by atoms with E-state index in [4.69, 9.17) is 0 Å². The molecule has 2 heterocycles. The second-order valence-corrected chi connectivity index (χ2v) is 4.49. The summed E-state index contributed by atoms with van der Waals surface area (Å²) in [6, 6.07) is 1.66. The first-order chi connectivity index (χ1) is 9.08. The molecule has 2 aromatic rings. The minimum Gasteiger partial charge on any atom is -0.352 e. The second-order valence-electron chi connectivity index (χ2n) is 4.49. The summed E-state index contributed by atoms with van der Waals surface area (Å²) in [5.41, 5.74) is 2.08. The second kappa shape index (κ2) is 5.64. The van der Waals surface area contributed by atoms with Crippen LogP contribution in [0.3, 0.4) is 0 Å². The third-order valence-electron chi connectivity index (χ3n) is 2.94. The standard InChI is InChI=1S/C12H18N6O/c1-9-6-10(2)17(16-9)5-4-14-12(19)11(3)18-8-13-7-15-18/h6-8,11H,4-5H2,1-3H3,(H,14,19)/t11-/m0/s1. The molecule has 7 nitrogen and oxygen atoms in total. The van der Waals surface area contributed by atoms with Crippen LogP contribution in [0.5, 0.6) is 0 Å². The van der Waals surface area contributed by atoms with Gasteiger partial charge in [0.1, 0.15) is 18.7 Å². The first-order valence-corrected chi connectivity index (χ1v) is 6.21. The van der Waals surface area contributed by atoms with Crippen molar-refractivity contribution in [3.05, 3.63) is 30.1 Å². The summed E-state index contributed by atoms with van der Waals surface area (Å²) in [7, 11) is 0. The predicted molar refractivity (Wildman–Crippen MR) is 69.4 cm³/mol. The highest BCUT2D eigenvalue weighted by Gasteiger charge is 2.14. The van der Waals surface area contributed by atoms with Crippen molar-refractivity contribution in [2.45, 2.75) is 33.4 Å². The molecule has 0 bridgehead atoms. The van der Waals surface area contributed by atoms with Crippen molar-refractivity contribution in [1.82, 2.24) is 29.9 Å². The van der Waals surface area contributed by atoms with Gasteiger partial charge in [-0.1, -0.05) is 0 Å². The normalized spacial score (nSPS) is 12.4. The summed E-state index contributed by atoms with van der Waals surface area (Å²) in [4.78, 5) is 15.7. The van der Waals surface area contributed by atoms with E-state index in [9.17, 15) is 4.79 Å². The molecular weight excluding hydrogens is 244 g/mol. The van der Waals surface area contributed by atoms with E-state index in [0.717, 1.165) is 11.4 Å². The van der Waals surface area contributed by atoms with Crippen LogP contribution in [0.15, 0.2) is 18.7 Å². The lowest BCUT2D eigenvalue weighted by molar-refractivity contribution is -0.124. The topological polar surface area (TPSA) is 77.6 Å².